The number of rotatable bonds is 6. The first-order valence-electron chi connectivity index (χ1n) is 11.7. The summed E-state index contributed by atoms with van der Waals surface area (Å²) in [4.78, 5) is 27.7. The van der Waals surface area contributed by atoms with Gasteiger partial charge in [-0.05, 0) is 38.5 Å². The number of amidine groups is 1. The maximum absolute atomic E-state index is 6.52. The molecular formula is C24H30N8O2. The van der Waals surface area contributed by atoms with Crippen LogP contribution in [0.5, 0.6) is 5.75 Å². The number of imidazole rings is 1. The first-order valence-corrected chi connectivity index (χ1v) is 11.7. The Morgan fingerprint density at radius 1 is 1.15 bits per heavy atom. The summed E-state index contributed by atoms with van der Waals surface area (Å²) in [5, 5.41) is 3.05. The van der Waals surface area contributed by atoms with Crippen LogP contribution in [0.2, 0.25) is 0 Å². The molecule has 2 aromatic heterocycles. The molecule has 2 fully saturated rings. The van der Waals surface area contributed by atoms with Gasteiger partial charge in [-0.3, -0.25) is 9.98 Å². The van der Waals surface area contributed by atoms with Gasteiger partial charge in [0.05, 0.1) is 37.2 Å². The molecule has 0 radical (unpaired) electrons. The van der Waals surface area contributed by atoms with Gasteiger partial charge in [0.1, 0.15) is 17.0 Å². The highest BCUT2D eigenvalue weighted by Crippen LogP contribution is 2.33. The average molecular weight is 463 g/mol. The molecule has 2 aliphatic rings. The molecule has 1 aliphatic carbocycles. The van der Waals surface area contributed by atoms with Crippen LogP contribution in [0.4, 0.5) is 11.5 Å². The van der Waals surface area contributed by atoms with E-state index in [2.05, 4.69) is 54.0 Å². The number of nitrogens with one attached hydrogen (secondary N) is 2. The summed E-state index contributed by atoms with van der Waals surface area (Å²) >= 11 is 0. The lowest BCUT2D eigenvalue weighted by atomic mass is 9.93. The molecule has 3 heterocycles. The summed E-state index contributed by atoms with van der Waals surface area (Å²) in [7, 11) is 1.82. The zero-order chi connectivity index (χ0) is 23.3. The third-order valence-electron chi connectivity index (χ3n) is 6.39. The molecule has 1 saturated heterocycles. The number of hydrogen-bond donors (Lipinski definition) is 2. The van der Waals surface area contributed by atoms with E-state index >= 15 is 0 Å². The Morgan fingerprint density at radius 2 is 1.94 bits per heavy atom. The second-order valence-electron chi connectivity index (χ2n) is 8.50. The average Bonchev–Trinajstić information content (AvgIpc) is 3.37. The number of aromatic amines is 1. The van der Waals surface area contributed by atoms with Gasteiger partial charge < -0.3 is 24.7 Å². The molecule has 1 saturated carbocycles. The van der Waals surface area contributed by atoms with Gasteiger partial charge in [0.25, 0.3) is 0 Å². The minimum atomic E-state index is 0.108. The number of aliphatic imine (C=N–C) groups is 2. The Morgan fingerprint density at radius 3 is 2.71 bits per heavy atom. The van der Waals surface area contributed by atoms with Crippen LogP contribution < -0.4 is 15.0 Å². The first-order chi connectivity index (χ1) is 16.7. The largest absolute Gasteiger partial charge is 0.488 e. The van der Waals surface area contributed by atoms with Crippen molar-refractivity contribution in [3.05, 3.63) is 36.5 Å². The summed E-state index contributed by atoms with van der Waals surface area (Å²) in [5.74, 6) is 2.10. The van der Waals surface area contributed by atoms with E-state index in [4.69, 9.17) is 14.5 Å². The SMILES string of the molecule is C=NC(=NC1CCC(Oc2cc(N3CCOCC3)cc3nccnc23)CC1)c1[nH]cnc1NC. The first kappa shape index (κ1) is 22.3. The molecule has 1 aromatic carbocycles. The molecule has 178 valence electrons. The van der Waals surface area contributed by atoms with Crippen LogP contribution in [0.25, 0.3) is 11.0 Å². The molecule has 5 rings (SSSR count). The Kier molecular flexibility index (Phi) is 6.66. The predicted molar refractivity (Wildman–Crippen MR) is 133 cm³/mol. The summed E-state index contributed by atoms with van der Waals surface area (Å²) in [5.41, 5.74) is 3.52. The van der Waals surface area contributed by atoms with Crippen LogP contribution in [0, 0.1) is 0 Å². The Labute approximate surface area is 198 Å². The van der Waals surface area contributed by atoms with Crippen LogP contribution in [0.15, 0.2) is 40.8 Å². The molecule has 0 spiro atoms. The van der Waals surface area contributed by atoms with E-state index < -0.39 is 0 Å². The maximum Gasteiger partial charge on any atom is 0.174 e. The van der Waals surface area contributed by atoms with E-state index in [0.29, 0.717) is 5.84 Å². The van der Waals surface area contributed by atoms with Crippen molar-refractivity contribution < 1.29 is 9.47 Å². The highest BCUT2D eigenvalue weighted by molar-refractivity contribution is 6.03. The molecule has 34 heavy (non-hydrogen) atoms. The molecule has 0 bridgehead atoms. The Balaban J connectivity index is 1.30. The third kappa shape index (κ3) is 4.72. The van der Waals surface area contributed by atoms with E-state index in [1.54, 1.807) is 18.7 Å². The number of fused-ring (bicyclic) bond motifs is 1. The minimum Gasteiger partial charge on any atom is -0.488 e. The zero-order valence-corrected chi connectivity index (χ0v) is 19.4. The van der Waals surface area contributed by atoms with Crippen LogP contribution in [0.1, 0.15) is 31.4 Å². The lowest BCUT2D eigenvalue weighted by Crippen LogP contribution is -2.36. The number of ether oxygens (including phenoxy) is 2. The van der Waals surface area contributed by atoms with Crippen LogP contribution in [0.3, 0.4) is 0 Å². The van der Waals surface area contributed by atoms with E-state index in [1.165, 1.54) is 0 Å². The van der Waals surface area contributed by atoms with Gasteiger partial charge in [-0.25, -0.2) is 15.0 Å². The maximum atomic E-state index is 6.52. The number of anilines is 2. The summed E-state index contributed by atoms with van der Waals surface area (Å²) in [6, 6.07) is 4.36. The quantitative estimate of drug-likeness (QED) is 0.428. The fraction of sp³-hybridized carbons (Fsp3) is 0.458. The predicted octanol–water partition coefficient (Wildman–Crippen LogP) is 3.07. The van der Waals surface area contributed by atoms with Gasteiger partial charge in [-0.15, -0.1) is 0 Å². The third-order valence-corrected chi connectivity index (χ3v) is 6.39. The number of hydrogen-bond acceptors (Lipinski definition) is 8. The Bertz CT molecular complexity index is 1160. The van der Waals surface area contributed by atoms with Crippen LogP contribution >= 0.6 is 0 Å². The van der Waals surface area contributed by atoms with Crippen LogP contribution in [-0.2, 0) is 4.74 Å². The molecule has 0 atom stereocenters. The van der Waals surface area contributed by atoms with Crippen molar-refractivity contribution in [3.8, 4) is 5.75 Å². The molecule has 10 heteroatoms. The number of morpholine rings is 1. The Hall–Kier alpha value is -3.53. The van der Waals surface area contributed by atoms with Gasteiger partial charge in [0.15, 0.2) is 11.7 Å². The fourth-order valence-corrected chi connectivity index (χ4v) is 4.61. The van der Waals surface area contributed by atoms with Gasteiger partial charge in [0, 0.05) is 44.3 Å². The monoisotopic (exact) mass is 462 g/mol. The molecule has 1 aliphatic heterocycles. The number of aromatic nitrogens is 4. The molecule has 0 unspecified atom stereocenters. The van der Waals surface area contributed by atoms with Gasteiger partial charge in [-0.2, -0.15) is 0 Å². The fourth-order valence-electron chi connectivity index (χ4n) is 4.61. The number of H-pyrrole nitrogens is 1. The second-order valence-corrected chi connectivity index (χ2v) is 8.50. The van der Waals surface area contributed by atoms with E-state index in [0.717, 1.165) is 86.0 Å². The van der Waals surface area contributed by atoms with Crippen molar-refractivity contribution in [2.45, 2.75) is 37.8 Å². The van der Waals surface area contributed by atoms with E-state index in [9.17, 15) is 0 Å². The molecule has 0 amide bonds. The van der Waals surface area contributed by atoms with Gasteiger partial charge >= 0.3 is 0 Å². The second kappa shape index (κ2) is 10.2. The van der Waals surface area contributed by atoms with Crippen molar-refractivity contribution in [2.75, 3.05) is 43.6 Å². The lowest BCUT2D eigenvalue weighted by molar-refractivity contribution is 0.122. The summed E-state index contributed by atoms with van der Waals surface area (Å²) in [6.45, 7) is 6.88. The number of benzene rings is 1. The van der Waals surface area contributed by atoms with Crippen LogP contribution in [-0.4, -0.2) is 78.0 Å². The van der Waals surface area contributed by atoms with E-state index in [-0.39, 0.29) is 12.1 Å². The smallest absolute Gasteiger partial charge is 0.174 e. The minimum absolute atomic E-state index is 0.108. The van der Waals surface area contributed by atoms with Gasteiger partial charge in [-0.1, -0.05) is 0 Å². The number of nitrogens with zero attached hydrogens (tertiary/aromatic N) is 6. The summed E-state index contributed by atoms with van der Waals surface area (Å²) in [6.07, 6.45) is 8.82. The lowest BCUT2D eigenvalue weighted by Gasteiger charge is -2.30. The molecule has 3 aromatic rings. The van der Waals surface area contributed by atoms with Crippen molar-refractivity contribution in [1.29, 1.82) is 0 Å². The van der Waals surface area contributed by atoms with Crippen molar-refractivity contribution >= 4 is 35.1 Å². The highest BCUT2D eigenvalue weighted by Gasteiger charge is 2.25. The van der Waals surface area contributed by atoms with Crippen molar-refractivity contribution in [3.63, 3.8) is 0 Å². The topological polar surface area (TPSA) is 113 Å². The summed E-state index contributed by atoms with van der Waals surface area (Å²) < 4.78 is 12.0. The van der Waals surface area contributed by atoms with Crippen molar-refractivity contribution in [1.82, 2.24) is 19.9 Å². The highest BCUT2D eigenvalue weighted by atomic mass is 16.5. The molecular weight excluding hydrogens is 432 g/mol. The van der Waals surface area contributed by atoms with E-state index in [1.807, 2.05) is 7.05 Å². The van der Waals surface area contributed by atoms with Gasteiger partial charge in [0.2, 0.25) is 0 Å². The molecule has 10 nitrogen and oxygen atoms in total. The standard InChI is InChI=1S/C24H30N8O2/c1-25-23-22(29-15-30-23)24(26-2)31-16-3-5-18(6-4-16)34-20-14-17(32-9-11-33-12-10-32)13-19-21(20)28-8-7-27-19/h7-8,13-16,18,25H,2-6,9-12H2,1H3,(H,29,30). The normalized spacial score (nSPS) is 21.4. The van der Waals surface area contributed by atoms with Crippen molar-refractivity contribution in [2.24, 2.45) is 9.98 Å². The molecule has 2 N–H and O–H groups in total. The zero-order valence-electron chi connectivity index (χ0n) is 19.4.